The van der Waals surface area contributed by atoms with Crippen LogP contribution in [0.2, 0.25) is 0 Å². The molecule has 0 aliphatic carbocycles. The van der Waals surface area contributed by atoms with E-state index in [1.807, 2.05) is 7.05 Å². The average Bonchev–Trinajstić information content (AvgIpc) is 1.88. The molecule has 0 spiro atoms. The Morgan fingerprint density at radius 1 is 1.45 bits per heavy atom. The molecule has 0 aliphatic rings. The number of carbonyl (C=O) groups is 1. The first-order chi connectivity index (χ1) is 4.70. The predicted octanol–water partition coefficient (Wildman–Crippen LogP) is -0.704. The van der Waals surface area contributed by atoms with Crippen LogP contribution in [-0.2, 0) is 7.05 Å². The number of nitrogens with zero attached hydrogens (tertiary/aromatic N) is 1. The lowest BCUT2D eigenvalue weighted by molar-refractivity contribution is -0.671. The highest BCUT2D eigenvalue weighted by molar-refractivity contribution is 5.85. The van der Waals surface area contributed by atoms with Gasteiger partial charge in [0.05, 0.1) is 5.97 Å². The number of pyridine rings is 1. The summed E-state index contributed by atoms with van der Waals surface area (Å²) in [7, 11) is 1.82. The van der Waals surface area contributed by atoms with Gasteiger partial charge in [-0.1, -0.05) is 0 Å². The van der Waals surface area contributed by atoms with Gasteiger partial charge in [0.15, 0.2) is 12.4 Å². The quantitative estimate of drug-likeness (QED) is 0.527. The Balaban J connectivity index is 0.000001000. The number of rotatable bonds is 1. The second kappa shape index (κ2) is 3.93. The Bertz CT molecular complexity index is 245. The highest BCUT2D eigenvalue weighted by atomic mass is 35.5. The number of carboxylic acid groups (broad SMARTS) is 1. The maximum Gasteiger partial charge on any atom is 0.169 e. The van der Waals surface area contributed by atoms with Gasteiger partial charge in [-0.05, 0) is 0 Å². The summed E-state index contributed by atoms with van der Waals surface area (Å²) in [6.45, 7) is 0. The van der Waals surface area contributed by atoms with Crippen molar-refractivity contribution in [3.05, 3.63) is 30.1 Å². The Labute approximate surface area is 70.7 Å². The van der Waals surface area contributed by atoms with Crippen molar-refractivity contribution in [1.29, 1.82) is 0 Å². The van der Waals surface area contributed by atoms with Crippen molar-refractivity contribution in [2.45, 2.75) is 0 Å². The molecule has 1 aromatic heterocycles. The van der Waals surface area contributed by atoms with Gasteiger partial charge in [0.2, 0.25) is 0 Å². The second-order valence-electron chi connectivity index (χ2n) is 2.04. The number of hydrogen-bond donors (Lipinski definition) is 0. The molecule has 0 fully saturated rings. The van der Waals surface area contributed by atoms with E-state index in [1.54, 1.807) is 17.0 Å². The maximum absolute atomic E-state index is 10.2. The number of aromatic nitrogens is 1. The first-order valence-electron chi connectivity index (χ1n) is 2.87. The molecule has 1 rings (SSSR count). The molecule has 0 bridgehead atoms. The first kappa shape index (κ1) is 9.91. The van der Waals surface area contributed by atoms with Gasteiger partial charge in [-0.25, -0.2) is 4.57 Å². The van der Waals surface area contributed by atoms with E-state index in [0.29, 0.717) is 0 Å². The van der Waals surface area contributed by atoms with Crippen molar-refractivity contribution in [3.63, 3.8) is 0 Å². The third-order valence-electron chi connectivity index (χ3n) is 1.21. The highest BCUT2D eigenvalue weighted by Gasteiger charge is 1.93. The largest absolute Gasteiger partial charge is 0.545 e. The molecule has 1 aromatic rings. The zero-order valence-corrected chi connectivity index (χ0v) is 6.80. The fourth-order valence-corrected chi connectivity index (χ4v) is 0.637. The molecule has 0 aliphatic heterocycles. The number of halogens is 1. The lowest BCUT2D eigenvalue weighted by Crippen LogP contribution is -2.29. The summed E-state index contributed by atoms with van der Waals surface area (Å²) in [5.41, 5.74) is 0.207. The number of aryl methyl sites for hydroxylation is 1. The molecule has 0 saturated carbocycles. The van der Waals surface area contributed by atoms with Gasteiger partial charge in [0, 0.05) is 17.7 Å². The van der Waals surface area contributed by atoms with Crippen molar-refractivity contribution in [3.8, 4) is 0 Å². The van der Waals surface area contributed by atoms with Crippen LogP contribution in [0.3, 0.4) is 0 Å². The van der Waals surface area contributed by atoms with Gasteiger partial charge in [0.25, 0.3) is 0 Å². The molecule has 1 heterocycles. The number of carboxylic acids is 1. The standard InChI is InChI=1S/C7H7NO2.ClH/c1-8-4-2-6(3-5-8)7(9)10;/h2-5H,1H3;1H. The molecule has 3 nitrogen and oxygen atoms in total. The van der Waals surface area contributed by atoms with E-state index in [0.717, 1.165) is 0 Å². The summed E-state index contributed by atoms with van der Waals surface area (Å²) in [5.74, 6) is -1.14. The molecular formula is C7H8ClNO2. The van der Waals surface area contributed by atoms with E-state index in [2.05, 4.69) is 0 Å². The van der Waals surface area contributed by atoms with E-state index in [9.17, 15) is 9.90 Å². The van der Waals surface area contributed by atoms with Crippen LogP contribution in [-0.4, -0.2) is 5.97 Å². The van der Waals surface area contributed by atoms with Crippen LogP contribution in [0, 0.1) is 0 Å². The smallest absolute Gasteiger partial charge is 0.169 e. The van der Waals surface area contributed by atoms with Crippen LogP contribution in [0.1, 0.15) is 10.4 Å². The summed E-state index contributed by atoms with van der Waals surface area (Å²) < 4.78 is 1.76. The van der Waals surface area contributed by atoms with Gasteiger partial charge in [-0.15, -0.1) is 12.4 Å². The Kier molecular flexibility index (Phi) is 3.54. The van der Waals surface area contributed by atoms with Crippen molar-refractivity contribution in [1.82, 2.24) is 0 Å². The van der Waals surface area contributed by atoms with Crippen LogP contribution < -0.4 is 9.67 Å². The molecular weight excluding hydrogens is 166 g/mol. The van der Waals surface area contributed by atoms with E-state index in [-0.39, 0.29) is 18.0 Å². The number of carbonyl (C=O) groups excluding carboxylic acids is 1. The van der Waals surface area contributed by atoms with E-state index in [4.69, 9.17) is 0 Å². The SMILES string of the molecule is C[n+]1ccc(C(=O)[O-])cc1.Cl. The van der Waals surface area contributed by atoms with Gasteiger partial charge in [-0.2, -0.15) is 0 Å². The van der Waals surface area contributed by atoms with Crippen molar-refractivity contribution in [2.24, 2.45) is 7.05 Å². The van der Waals surface area contributed by atoms with Gasteiger partial charge < -0.3 is 9.90 Å². The minimum absolute atomic E-state index is 0. The molecule has 0 atom stereocenters. The second-order valence-corrected chi connectivity index (χ2v) is 2.04. The molecule has 4 heteroatoms. The fourth-order valence-electron chi connectivity index (χ4n) is 0.637. The third-order valence-corrected chi connectivity index (χ3v) is 1.21. The van der Waals surface area contributed by atoms with Crippen LogP contribution in [0.4, 0.5) is 0 Å². The van der Waals surface area contributed by atoms with Crippen molar-refractivity contribution < 1.29 is 14.5 Å². The number of hydrogen-bond acceptors (Lipinski definition) is 2. The van der Waals surface area contributed by atoms with E-state index < -0.39 is 5.97 Å². The lowest BCUT2D eigenvalue weighted by atomic mass is 10.3. The Hall–Kier alpha value is -1.09. The summed E-state index contributed by atoms with van der Waals surface area (Å²) in [5, 5.41) is 10.2. The summed E-state index contributed by atoms with van der Waals surface area (Å²) in [4.78, 5) is 10.2. The summed E-state index contributed by atoms with van der Waals surface area (Å²) >= 11 is 0. The molecule has 0 saturated heterocycles. The van der Waals surface area contributed by atoms with Gasteiger partial charge in [0.1, 0.15) is 7.05 Å². The van der Waals surface area contributed by atoms with Crippen LogP contribution in [0.5, 0.6) is 0 Å². The zero-order chi connectivity index (χ0) is 7.56. The van der Waals surface area contributed by atoms with Crippen LogP contribution in [0.15, 0.2) is 24.5 Å². The highest BCUT2D eigenvalue weighted by Crippen LogP contribution is 1.90. The van der Waals surface area contributed by atoms with E-state index in [1.165, 1.54) is 12.1 Å². The Morgan fingerprint density at radius 3 is 2.27 bits per heavy atom. The Morgan fingerprint density at radius 2 is 1.91 bits per heavy atom. The zero-order valence-electron chi connectivity index (χ0n) is 5.98. The third kappa shape index (κ3) is 2.55. The molecule has 0 N–H and O–H groups in total. The normalized spacial score (nSPS) is 8.45. The van der Waals surface area contributed by atoms with E-state index >= 15 is 0 Å². The molecule has 0 aromatic carbocycles. The van der Waals surface area contributed by atoms with Crippen molar-refractivity contribution >= 4 is 18.4 Å². The molecule has 60 valence electrons. The molecule has 0 amide bonds. The first-order valence-corrected chi connectivity index (χ1v) is 2.87. The summed E-state index contributed by atoms with van der Waals surface area (Å²) in [6.07, 6.45) is 3.32. The minimum Gasteiger partial charge on any atom is -0.545 e. The van der Waals surface area contributed by atoms with Gasteiger partial charge >= 0.3 is 0 Å². The fraction of sp³-hybridized carbons (Fsp3) is 0.143. The predicted molar refractivity (Wildman–Crippen MR) is 39.2 cm³/mol. The van der Waals surface area contributed by atoms with Crippen molar-refractivity contribution in [2.75, 3.05) is 0 Å². The monoisotopic (exact) mass is 173 g/mol. The number of aromatic carboxylic acids is 1. The minimum atomic E-state index is -1.14. The average molecular weight is 174 g/mol. The van der Waals surface area contributed by atoms with Crippen LogP contribution >= 0.6 is 12.4 Å². The maximum atomic E-state index is 10.2. The molecule has 0 radical (unpaired) electrons. The molecule has 11 heavy (non-hydrogen) atoms. The van der Waals surface area contributed by atoms with Gasteiger partial charge in [-0.3, -0.25) is 0 Å². The topological polar surface area (TPSA) is 44.0 Å². The lowest BCUT2D eigenvalue weighted by Gasteiger charge is -1.97. The molecule has 0 unspecified atom stereocenters. The summed E-state index contributed by atoms with van der Waals surface area (Å²) in [6, 6.07) is 2.99. The van der Waals surface area contributed by atoms with Crippen LogP contribution in [0.25, 0.3) is 0 Å².